The van der Waals surface area contributed by atoms with Crippen molar-refractivity contribution in [2.75, 3.05) is 32.8 Å². The van der Waals surface area contributed by atoms with Crippen LogP contribution in [0.4, 0.5) is 0 Å². The average Bonchev–Trinajstić information content (AvgIpc) is 2.38. The van der Waals surface area contributed by atoms with Crippen molar-refractivity contribution in [2.24, 2.45) is 0 Å². The Morgan fingerprint density at radius 1 is 1.33 bits per heavy atom. The van der Waals surface area contributed by atoms with Gasteiger partial charge in [0, 0.05) is 13.1 Å². The number of likely N-dealkylation sites (N-methyl/N-ethyl adjacent to an activating group) is 1. The van der Waals surface area contributed by atoms with Crippen LogP contribution in [0.25, 0.3) is 0 Å². The molecular weight excluding hydrogens is 268 g/mol. The first-order valence-electron chi connectivity index (χ1n) is 8.21. The number of rotatable bonds is 8. The summed E-state index contributed by atoms with van der Waals surface area (Å²) in [7, 11) is 0. The highest BCUT2D eigenvalue weighted by Gasteiger charge is 2.33. The molecule has 21 heavy (non-hydrogen) atoms. The molecule has 124 valence electrons. The molecule has 0 radical (unpaired) electrons. The zero-order valence-corrected chi connectivity index (χ0v) is 14.3. The van der Waals surface area contributed by atoms with Crippen molar-refractivity contribution in [3.63, 3.8) is 0 Å². The van der Waals surface area contributed by atoms with E-state index in [9.17, 15) is 4.79 Å². The summed E-state index contributed by atoms with van der Waals surface area (Å²) in [6.45, 7) is 14.2. The van der Waals surface area contributed by atoms with Crippen molar-refractivity contribution in [2.45, 2.75) is 65.2 Å². The minimum Gasteiger partial charge on any atom is -0.465 e. The van der Waals surface area contributed by atoms with Gasteiger partial charge in [0.1, 0.15) is 5.54 Å². The molecule has 3 atom stereocenters. The third-order valence-electron chi connectivity index (χ3n) is 3.94. The summed E-state index contributed by atoms with van der Waals surface area (Å²) in [6, 6.07) is 0. The van der Waals surface area contributed by atoms with E-state index in [1.807, 2.05) is 20.8 Å². The van der Waals surface area contributed by atoms with E-state index in [2.05, 4.69) is 24.1 Å². The van der Waals surface area contributed by atoms with Crippen molar-refractivity contribution < 1.29 is 14.3 Å². The molecule has 5 heteroatoms. The number of ether oxygens (including phenoxy) is 2. The van der Waals surface area contributed by atoms with Gasteiger partial charge in [-0.15, -0.1) is 0 Å². The van der Waals surface area contributed by atoms with Crippen molar-refractivity contribution in [3.8, 4) is 0 Å². The van der Waals surface area contributed by atoms with Gasteiger partial charge in [-0.3, -0.25) is 9.69 Å². The van der Waals surface area contributed by atoms with Crippen LogP contribution in [-0.2, 0) is 14.3 Å². The van der Waals surface area contributed by atoms with E-state index < -0.39 is 5.54 Å². The maximum Gasteiger partial charge on any atom is 0.326 e. The normalized spacial score (nSPS) is 26.3. The molecule has 0 saturated carbocycles. The van der Waals surface area contributed by atoms with Crippen LogP contribution in [0.3, 0.4) is 0 Å². The van der Waals surface area contributed by atoms with Gasteiger partial charge in [-0.2, -0.15) is 0 Å². The number of carbonyl (C=O) groups excluding carboxylic acids is 1. The first-order chi connectivity index (χ1) is 9.91. The Labute approximate surface area is 129 Å². The second-order valence-electron chi connectivity index (χ2n) is 6.20. The van der Waals surface area contributed by atoms with E-state index in [0.29, 0.717) is 18.8 Å². The molecule has 0 aromatic rings. The first kappa shape index (κ1) is 18.4. The van der Waals surface area contributed by atoms with Crippen LogP contribution in [-0.4, -0.2) is 61.4 Å². The summed E-state index contributed by atoms with van der Waals surface area (Å²) in [6.07, 6.45) is 2.35. The molecule has 1 aliphatic heterocycles. The van der Waals surface area contributed by atoms with Gasteiger partial charge in [-0.1, -0.05) is 6.92 Å². The number of nitrogens with one attached hydrogen (secondary N) is 1. The third-order valence-corrected chi connectivity index (χ3v) is 3.94. The number of carbonyl (C=O) groups is 1. The highest BCUT2D eigenvalue weighted by Crippen LogP contribution is 2.17. The minimum atomic E-state index is -0.575. The van der Waals surface area contributed by atoms with E-state index in [0.717, 1.165) is 39.0 Å². The van der Waals surface area contributed by atoms with Gasteiger partial charge < -0.3 is 14.8 Å². The smallest absolute Gasteiger partial charge is 0.326 e. The fraction of sp³-hybridized carbons (Fsp3) is 0.938. The van der Waals surface area contributed by atoms with E-state index in [4.69, 9.17) is 9.47 Å². The number of esters is 1. The fourth-order valence-electron chi connectivity index (χ4n) is 3.07. The Morgan fingerprint density at radius 3 is 2.48 bits per heavy atom. The standard InChI is InChI=1S/C16H32N2O3/c1-6-17-16(5,15(19)20-7-2)9-8-10-18-11-13(3)21-14(4)12-18/h13-14,17H,6-12H2,1-5H3/t13-,14+,16?. The molecule has 1 N–H and O–H groups in total. The largest absolute Gasteiger partial charge is 0.465 e. The topological polar surface area (TPSA) is 50.8 Å². The molecule has 0 aromatic heterocycles. The molecule has 1 aliphatic rings. The summed E-state index contributed by atoms with van der Waals surface area (Å²) in [4.78, 5) is 14.5. The Balaban J connectivity index is 2.44. The summed E-state index contributed by atoms with van der Waals surface area (Å²) in [5.74, 6) is -0.143. The number of nitrogens with zero attached hydrogens (tertiary/aromatic N) is 1. The lowest BCUT2D eigenvalue weighted by Gasteiger charge is -2.36. The van der Waals surface area contributed by atoms with Crippen LogP contribution in [0, 0.1) is 0 Å². The van der Waals surface area contributed by atoms with E-state index >= 15 is 0 Å². The highest BCUT2D eigenvalue weighted by molar-refractivity contribution is 5.80. The number of hydrogen-bond acceptors (Lipinski definition) is 5. The van der Waals surface area contributed by atoms with Gasteiger partial charge in [-0.05, 0) is 53.6 Å². The summed E-state index contributed by atoms with van der Waals surface area (Å²) in [5.41, 5.74) is -0.575. The van der Waals surface area contributed by atoms with Crippen molar-refractivity contribution >= 4 is 5.97 Å². The Morgan fingerprint density at radius 2 is 1.95 bits per heavy atom. The fourth-order valence-corrected chi connectivity index (χ4v) is 3.07. The zero-order valence-electron chi connectivity index (χ0n) is 14.3. The van der Waals surface area contributed by atoms with Crippen LogP contribution in [0.15, 0.2) is 0 Å². The van der Waals surface area contributed by atoms with Gasteiger partial charge in [0.05, 0.1) is 18.8 Å². The summed E-state index contributed by atoms with van der Waals surface area (Å²) in [5, 5.41) is 3.28. The SMILES string of the molecule is CCNC(C)(CCCN1C[C@@H](C)O[C@@H](C)C1)C(=O)OCC. The molecule has 0 amide bonds. The molecule has 1 unspecified atom stereocenters. The predicted octanol–water partition coefficient (Wildman–Crippen LogP) is 1.81. The van der Waals surface area contributed by atoms with Crippen LogP contribution in [0.5, 0.6) is 0 Å². The third kappa shape index (κ3) is 5.93. The van der Waals surface area contributed by atoms with Gasteiger partial charge in [0.25, 0.3) is 0 Å². The molecule has 1 saturated heterocycles. The molecule has 0 aliphatic carbocycles. The van der Waals surface area contributed by atoms with Gasteiger partial charge in [0.15, 0.2) is 0 Å². The highest BCUT2D eigenvalue weighted by atomic mass is 16.5. The lowest BCUT2D eigenvalue weighted by molar-refractivity contribution is -0.151. The van der Waals surface area contributed by atoms with E-state index in [1.165, 1.54) is 0 Å². The van der Waals surface area contributed by atoms with Crippen LogP contribution < -0.4 is 5.32 Å². The van der Waals surface area contributed by atoms with Gasteiger partial charge >= 0.3 is 5.97 Å². The van der Waals surface area contributed by atoms with Gasteiger partial charge in [-0.25, -0.2) is 0 Å². The van der Waals surface area contributed by atoms with Gasteiger partial charge in [0.2, 0.25) is 0 Å². The molecular formula is C16H32N2O3. The molecule has 0 spiro atoms. The van der Waals surface area contributed by atoms with Crippen molar-refractivity contribution in [1.82, 2.24) is 10.2 Å². The number of morpholine rings is 1. The second-order valence-corrected chi connectivity index (χ2v) is 6.20. The first-order valence-corrected chi connectivity index (χ1v) is 8.21. The Kier molecular flexibility index (Phi) is 7.63. The molecule has 0 aromatic carbocycles. The van der Waals surface area contributed by atoms with Crippen LogP contribution in [0.1, 0.15) is 47.5 Å². The molecule has 1 fully saturated rings. The quantitative estimate of drug-likeness (QED) is 0.693. The average molecular weight is 300 g/mol. The monoisotopic (exact) mass is 300 g/mol. The maximum absolute atomic E-state index is 12.1. The van der Waals surface area contributed by atoms with Crippen molar-refractivity contribution in [3.05, 3.63) is 0 Å². The van der Waals surface area contributed by atoms with Crippen LogP contribution >= 0.6 is 0 Å². The lowest BCUT2D eigenvalue weighted by Crippen LogP contribution is -2.51. The summed E-state index contributed by atoms with van der Waals surface area (Å²) < 4.78 is 10.9. The predicted molar refractivity (Wildman–Crippen MR) is 84.4 cm³/mol. The second kappa shape index (κ2) is 8.71. The molecule has 0 bridgehead atoms. The lowest BCUT2D eigenvalue weighted by atomic mass is 9.95. The molecule has 5 nitrogen and oxygen atoms in total. The zero-order chi connectivity index (χ0) is 15.9. The maximum atomic E-state index is 12.1. The van der Waals surface area contributed by atoms with E-state index in [1.54, 1.807) is 0 Å². The number of hydrogen-bond donors (Lipinski definition) is 1. The minimum absolute atomic E-state index is 0.143. The van der Waals surface area contributed by atoms with Crippen molar-refractivity contribution in [1.29, 1.82) is 0 Å². The molecule has 1 rings (SSSR count). The van der Waals surface area contributed by atoms with Crippen LogP contribution in [0.2, 0.25) is 0 Å². The molecule has 1 heterocycles. The summed E-state index contributed by atoms with van der Waals surface area (Å²) >= 11 is 0. The Hall–Kier alpha value is -0.650. The van der Waals surface area contributed by atoms with E-state index in [-0.39, 0.29) is 5.97 Å². The Bertz CT molecular complexity index is 315.